The molecular weight excluding hydrogens is 412 g/mol. The summed E-state index contributed by atoms with van der Waals surface area (Å²) in [5, 5.41) is 9.85. The van der Waals surface area contributed by atoms with E-state index in [9.17, 15) is 5.11 Å². The molecular formula is C33H64O. The lowest BCUT2D eigenvalue weighted by atomic mass is 10.0. The molecule has 1 unspecified atom stereocenters. The number of aliphatic hydroxyl groups is 1. The van der Waals surface area contributed by atoms with Gasteiger partial charge in [0, 0.05) is 0 Å². The zero-order valence-electron chi connectivity index (χ0n) is 23.7. The zero-order chi connectivity index (χ0) is 24.8. The third-order valence-corrected chi connectivity index (χ3v) is 7.16. The first-order valence-corrected chi connectivity index (χ1v) is 15.8. The molecule has 0 aromatic heterocycles. The predicted octanol–water partition coefficient (Wildman–Crippen LogP) is 11.6. The van der Waals surface area contributed by atoms with E-state index < -0.39 is 0 Å². The minimum absolute atomic E-state index is 0.0562. The number of allylic oxidation sites excluding steroid dienone is 4. The van der Waals surface area contributed by atoms with Crippen LogP contribution in [-0.2, 0) is 0 Å². The molecule has 0 aliphatic heterocycles. The molecule has 0 bridgehead atoms. The van der Waals surface area contributed by atoms with Crippen LogP contribution in [0.25, 0.3) is 0 Å². The van der Waals surface area contributed by atoms with Crippen molar-refractivity contribution < 1.29 is 5.11 Å². The Kier molecular flexibility index (Phi) is 30.0. The van der Waals surface area contributed by atoms with Gasteiger partial charge < -0.3 is 5.11 Å². The third kappa shape index (κ3) is 29.5. The molecule has 0 heterocycles. The molecule has 34 heavy (non-hydrogen) atoms. The van der Waals surface area contributed by atoms with Crippen molar-refractivity contribution >= 4 is 0 Å². The fraction of sp³-hybridized carbons (Fsp3) is 0.879. The van der Waals surface area contributed by atoms with E-state index >= 15 is 0 Å². The van der Waals surface area contributed by atoms with Gasteiger partial charge in [0.25, 0.3) is 0 Å². The predicted molar refractivity (Wildman–Crippen MR) is 156 cm³/mol. The van der Waals surface area contributed by atoms with Gasteiger partial charge in [-0.1, -0.05) is 167 Å². The van der Waals surface area contributed by atoms with E-state index in [4.69, 9.17) is 0 Å². The van der Waals surface area contributed by atoms with E-state index in [0.29, 0.717) is 0 Å². The Hall–Kier alpha value is -0.560. The minimum atomic E-state index is -0.0562. The van der Waals surface area contributed by atoms with Gasteiger partial charge in [-0.05, 0) is 38.5 Å². The van der Waals surface area contributed by atoms with Crippen LogP contribution in [0.2, 0.25) is 0 Å². The molecule has 0 radical (unpaired) electrons. The van der Waals surface area contributed by atoms with Gasteiger partial charge in [-0.25, -0.2) is 0 Å². The van der Waals surface area contributed by atoms with Crippen molar-refractivity contribution in [1.29, 1.82) is 0 Å². The average molecular weight is 477 g/mol. The van der Waals surface area contributed by atoms with Crippen molar-refractivity contribution in [1.82, 2.24) is 0 Å². The zero-order valence-corrected chi connectivity index (χ0v) is 23.7. The van der Waals surface area contributed by atoms with Crippen molar-refractivity contribution in [2.75, 3.05) is 0 Å². The van der Waals surface area contributed by atoms with Crippen LogP contribution in [-0.4, -0.2) is 11.2 Å². The first kappa shape index (κ1) is 33.4. The molecule has 1 atom stereocenters. The lowest BCUT2D eigenvalue weighted by Gasteiger charge is -2.08. The Bertz CT molecular complexity index is 411. The minimum Gasteiger partial charge on any atom is -0.393 e. The maximum absolute atomic E-state index is 9.85. The maximum atomic E-state index is 9.85. The average Bonchev–Trinajstić information content (AvgIpc) is 2.84. The smallest absolute Gasteiger partial charge is 0.0540 e. The number of aliphatic hydroxyl groups excluding tert-OH is 1. The van der Waals surface area contributed by atoms with Crippen LogP contribution in [0.4, 0.5) is 0 Å². The second-order valence-corrected chi connectivity index (χ2v) is 10.7. The highest BCUT2D eigenvalue weighted by atomic mass is 16.3. The monoisotopic (exact) mass is 476 g/mol. The van der Waals surface area contributed by atoms with E-state index in [-0.39, 0.29) is 6.10 Å². The number of unbranched alkanes of at least 4 members (excludes halogenated alkanes) is 21. The summed E-state index contributed by atoms with van der Waals surface area (Å²) in [5.74, 6) is 0. The molecule has 202 valence electrons. The molecule has 0 saturated heterocycles. The van der Waals surface area contributed by atoms with Crippen LogP contribution in [0.3, 0.4) is 0 Å². The van der Waals surface area contributed by atoms with Crippen LogP contribution >= 0.6 is 0 Å². The number of hydrogen-bond acceptors (Lipinski definition) is 1. The lowest BCUT2D eigenvalue weighted by Crippen LogP contribution is -2.05. The highest BCUT2D eigenvalue weighted by Gasteiger charge is 2.02. The molecule has 0 spiro atoms. The summed E-state index contributed by atoms with van der Waals surface area (Å²) in [7, 11) is 0. The van der Waals surface area contributed by atoms with E-state index in [1.54, 1.807) is 0 Å². The Balaban J connectivity index is 3.19. The largest absolute Gasteiger partial charge is 0.393 e. The molecule has 0 amide bonds. The van der Waals surface area contributed by atoms with Gasteiger partial charge >= 0.3 is 0 Å². The quantitative estimate of drug-likeness (QED) is 0.0879. The molecule has 1 nitrogen and oxygen atoms in total. The van der Waals surface area contributed by atoms with Crippen LogP contribution in [0, 0.1) is 0 Å². The summed E-state index contributed by atoms with van der Waals surface area (Å²) in [5.41, 5.74) is 0. The van der Waals surface area contributed by atoms with Crippen molar-refractivity contribution in [2.24, 2.45) is 0 Å². The molecule has 0 saturated carbocycles. The van der Waals surface area contributed by atoms with Crippen LogP contribution in [0.15, 0.2) is 24.3 Å². The third-order valence-electron chi connectivity index (χ3n) is 7.16. The van der Waals surface area contributed by atoms with Crippen molar-refractivity contribution in [2.45, 2.75) is 187 Å². The molecule has 0 aromatic carbocycles. The number of hydrogen-bond donors (Lipinski definition) is 1. The van der Waals surface area contributed by atoms with E-state index in [1.807, 2.05) is 0 Å². The Morgan fingerprint density at radius 2 is 0.735 bits per heavy atom. The Labute approximate surface area is 216 Å². The van der Waals surface area contributed by atoms with E-state index in [1.165, 1.54) is 154 Å². The van der Waals surface area contributed by atoms with E-state index in [0.717, 1.165) is 12.8 Å². The van der Waals surface area contributed by atoms with Gasteiger partial charge in [0.2, 0.25) is 0 Å². The van der Waals surface area contributed by atoms with E-state index in [2.05, 4.69) is 38.2 Å². The van der Waals surface area contributed by atoms with Crippen molar-refractivity contribution in [3.8, 4) is 0 Å². The molecule has 1 heteroatoms. The van der Waals surface area contributed by atoms with Gasteiger partial charge in [0.15, 0.2) is 0 Å². The Morgan fingerprint density at radius 1 is 0.412 bits per heavy atom. The highest BCUT2D eigenvalue weighted by Crippen LogP contribution is 2.14. The van der Waals surface area contributed by atoms with Gasteiger partial charge in [-0.2, -0.15) is 0 Å². The first-order chi connectivity index (χ1) is 16.8. The standard InChI is InChI=1S/C33H64O/c1-3-5-7-8-9-10-11-12-13-14-15-16-17-18-19-20-21-22-23-24-25-26-27-28-29-30-32-33(34)31-6-4-2/h22-25,33-34H,3-21,26-32H2,1-2H3. The van der Waals surface area contributed by atoms with Crippen molar-refractivity contribution in [3.63, 3.8) is 0 Å². The SMILES string of the molecule is CCCCCCCCCCCCCCCCCCC=CC=CCCCCCCC(O)CCCC. The fourth-order valence-corrected chi connectivity index (χ4v) is 4.74. The summed E-state index contributed by atoms with van der Waals surface area (Å²) in [6.45, 7) is 4.49. The van der Waals surface area contributed by atoms with Crippen molar-refractivity contribution in [3.05, 3.63) is 24.3 Å². The first-order valence-electron chi connectivity index (χ1n) is 15.8. The summed E-state index contributed by atoms with van der Waals surface area (Å²) in [4.78, 5) is 0. The number of rotatable bonds is 28. The van der Waals surface area contributed by atoms with Crippen LogP contribution in [0.5, 0.6) is 0 Å². The molecule has 0 rings (SSSR count). The lowest BCUT2D eigenvalue weighted by molar-refractivity contribution is 0.148. The summed E-state index contributed by atoms with van der Waals surface area (Å²) in [6, 6.07) is 0. The summed E-state index contributed by atoms with van der Waals surface area (Å²) >= 11 is 0. The maximum Gasteiger partial charge on any atom is 0.0540 e. The molecule has 0 fully saturated rings. The van der Waals surface area contributed by atoms with Crippen LogP contribution in [0.1, 0.15) is 181 Å². The molecule has 1 N–H and O–H groups in total. The topological polar surface area (TPSA) is 20.2 Å². The normalized spacial score (nSPS) is 12.9. The highest BCUT2D eigenvalue weighted by molar-refractivity contribution is 5.02. The van der Waals surface area contributed by atoms with Gasteiger partial charge in [-0.15, -0.1) is 0 Å². The molecule has 0 aliphatic carbocycles. The summed E-state index contributed by atoms with van der Waals surface area (Å²) in [6.07, 6.45) is 44.0. The van der Waals surface area contributed by atoms with Gasteiger partial charge in [0.1, 0.15) is 0 Å². The fourth-order valence-electron chi connectivity index (χ4n) is 4.74. The van der Waals surface area contributed by atoms with Gasteiger partial charge in [-0.3, -0.25) is 0 Å². The molecule has 0 aromatic rings. The second kappa shape index (κ2) is 30.5. The second-order valence-electron chi connectivity index (χ2n) is 10.7. The molecule has 0 aliphatic rings. The summed E-state index contributed by atoms with van der Waals surface area (Å²) < 4.78 is 0. The Morgan fingerprint density at radius 3 is 1.15 bits per heavy atom. The van der Waals surface area contributed by atoms with Gasteiger partial charge in [0.05, 0.1) is 6.10 Å². The van der Waals surface area contributed by atoms with Crippen LogP contribution < -0.4 is 0 Å².